The van der Waals surface area contributed by atoms with E-state index in [1.807, 2.05) is 4.90 Å². The van der Waals surface area contributed by atoms with E-state index >= 15 is 0 Å². The minimum atomic E-state index is -1.33. The van der Waals surface area contributed by atoms with E-state index in [1.54, 1.807) is 36.1 Å². The third-order valence-electron chi connectivity index (χ3n) is 6.63. The van der Waals surface area contributed by atoms with Crippen molar-refractivity contribution in [2.45, 2.75) is 12.5 Å². The Bertz CT molecular complexity index is 975. The standard InChI is InChI=1S/C23H32N6O6/c1-23(17-4-3-5-18(14-17)34-2)21(32)29(22(33)24-23)25-19(30)15-26-6-8-28(9-7-26)20(31)16-27-10-12-35-13-11-27/h3-5,14H,6-13,15-16H2,1-2H3,(H,24,33)(H,25,30). The van der Waals surface area contributed by atoms with Crippen LogP contribution in [0.4, 0.5) is 4.79 Å². The van der Waals surface area contributed by atoms with E-state index in [-0.39, 0.29) is 12.5 Å². The van der Waals surface area contributed by atoms with Crippen LogP contribution in [0.25, 0.3) is 0 Å². The van der Waals surface area contributed by atoms with E-state index < -0.39 is 23.4 Å². The molecule has 3 aliphatic heterocycles. The van der Waals surface area contributed by atoms with Crippen molar-refractivity contribution in [1.82, 2.24) is 30.5 Å². The number of benzene rings is 1. The number of urea groups is 1. The molecule has 1 unspecified atom stereocenters. The second-order valence-electron chi connectivity index (χ2n) is 9.01. The highest BCUT2D eigenvalue weighted by atomic mass is 16.5. The molecule has 190 valence electrons. The van der Waals surface area contributed by atoms with Crippen molar-refractivity contribution >= 4 is 23.8 Å². The molecular formula is C23H32N6O6. The van der Waals surface area contributed by atoms with E-state index in [0.717, 1.165) is 18.1 Å². The average molecular weight is 489 g/mol. The van der Waals surface area contributed by atoms with E-state index in [2.05, 4.69) is 15.6 Å². The molecule has 1 atom stereocenters. The number of hydrogen-bond donors (Lipinski definition) is 2. The molecule has 1 aromatic carbocycles. The van der Waals surface area contributed by atoms with Gasteiger partial charge in [-0.05, 0) is 24.6 Å². The second kappa shape index (κ2) is 10.6. The topological polar surface area (TPSA) is 124 Å². The molecule has 12 nitrogen and oxygen atoms in total. The molecule has 1 aromatic rings. The van der Waals surface area contributed by atoms with Crippen LogP contribution < -0.4 is 15.5 Å². The number of nitrogens with zero attached hydrogens (tertiary/aromatic N) is 4. The number of rotatable bonds is 7. The van der Waals surface area contributed by atoms with Gasteiger partial charge in [-0.15, -0.1) is 0 Å². The summed E-state index contributed by atoms with van der Waals surface area (Å²) in [7, 11) is 1.52. The molecule has 0 bridgehead atoms. The van der Waals surface area contributed by atoms with Crippen LogP contribution in [-0.2, 0) is 24.7 Å². The SMILES string of the molecule is COc1cccc(C2(C)NC(=O)N(NC(=O)CN3CCN(C(=O)CN4CCOCC4)CC3)C2=O)c1. The number of methoxy groups -OCH3 is 1. The first-order valence-electron chi connectivity index (χ1n) is 11.7. The molecule has 3 fully saturated rings. The predicted molar refractivity (Wildman–Crippen MR) is 124 cm³/mol. The smallest absolute Gasteiger partial charge is 0.344 e. The average Bonchev–Trinajstić information content (AvgIpc) is 3.09. The van der Waals surface area contributed by atoms with E-state index in [4.69, 9.17) is 9.47 Å². The summed E-state index contributed by atoms with van der Waals surface area (Å²) in [5, 5.41) is 3.38. The molecule has 3 aliphatic rings. The van der Waals surface area contributed by atoms with Gasteiger partial charge in [-0.25, -0.2) is 4.79 Å². The number of ether oxygens (including phenoxy) is 2. The molecule has 0 saturated carbocycles. The lowest BCUT2D eigenvalue weighted by molar-refractivity contribution is -0.140. The summed E-state index contributed by atoms with van der Waals surface area (Å²) >= 11 is 0. The van der Waals surface area contributed by atoms with Crippen LogP contribution in [0.5, 0.6) is 5.75 Å². The van der Waals surface area contributed by atoms with E-state index in [1.165, 1.54) is 7.11 Å². The molecule has 3 saturated heterocycles. The van der Waals surface area contributed by atoms with Gasteiger partial charge >= 0.3 is 6.03 Å². The summed E-state index contributed by atoms with van der Waals surface area (Å²) in [6.45, 7) is 6.88. The van der Waals surface area contributed by atoms with Gasteiger partial charge in [0, 0.05) is 39.3 Å². The molecule has 4 rings (SSSR count). The maximum absolute atomic E-state index is 13.1. The zero-order valence-electron chi connectivity index (χ0n) is 20.1. The summed E-state index contributed by atoms with van der Waals surface area (Å²) in [6.07, 6.45) is 0. The number of morpholine rings is 1. The first kappa shape index (κ1) is 24.9. The Kier molecular flexibility index (Phi) is 7.53. The normalized spacial score (nSPS) is 23.8. The Morgan fingerprint density at radius 3 is 2.43 bits per heavy atom. The van der Waals surface area contributed by atoms with Gasteiger partial charge < -0.3 is 19.7 Å². The first-order valence-corrected chi connectivity index (χ1v) is 11.7. The third kappa shape index (κ3) is 5.55. The number of nitrogens with one attached hydrogen (secondary N) is 2. The van der Waals surface area contributed by atoms with Crippen LogP contribution in [0.15, 0.2) is 24.3 Å². The molecule has 0 aliphatic carbocycles. The highest BCUT2D eigenvalue weighted by molar-refractivity contribution is 6.08. The van der Waals surface area contributed by atoms with Gasteiger partial charge in [0.25, 0.3) is 11.8 Å². The number of imide groups is 1. The molecule has 5 amide bonds. The Labute approximate surface area is 204 Å². The van der Waals surface area contributed by atoms with Crippen LogP contribution in [0.1, 0.15) is 12.5 Å². The lowest BCUT2D eigenvalue weighted by Gasteiger charge is -2.36. The van der Waals surface area contributed by atoms with Crippen LogP contribution in [0.2, 0.25) is 0 Å². The summed E-state index contributed by atoms with van der Waals surface area (Å²) in [4.78, 5) is 56.6. The Balaban J connectivity index is 1.27. The maximum Gasteiger partial charge on any atom is 0.344 e. The first-order chi connectivity index (χ1) is 16.8. The van der Waals surface area contributed by atoms with Gasteiger partial charge in [-0.2, -0.15) is 5.01 Å². The minimum absolute atomic E-state index is 0.0123. The highest BCUT2D eigenvalue weighted by Crippen LogP contribution is 2.30. The summed E-state index contributed by atoms with van der Waals surface area (Å²) in [5.74, 6) is -0.429. The Morgan fingerprint density at radius 1 is 1.06 bits per heavy atom. The lowest BCUT2D eigenvalue weighted by Crippen LogP contribution is -2.55. The van der Waals surface area contributed by atoms with Crippen molar-refractivity contribution in [2.75, 3.05) is 72.7 Å². The van der Waals surface area contributed by atoms with Crippen LogP contribution in [0.3, 0.4) is 0 Å². The predicted octanol–water partition coefficient (Wildman–Crippen LogP) is -1.03. The summed E-state index contributed by atoms with van der Waals surface area (Å²) in [5.41, 5.74) is 1.65. The number of amides is 5. The van der Waals surface area contributed by atoms with Crippen molar-refractivity contribution in [2.24, 2.45) is 0 Å². The van der Waals surface area contributed by atoms with E-state index in [0.29, 0.717) is 57.3 Å². The van der Waals surface area contributed by atoms with Gasteiger partial charge in [0.2, 0.25) is 5.91 Å². The Morgan fingerprint density at radius 2 is 1.74 bits per heavy atom. The fourth-order valence-electron chi connectivity index (χ4n) is 4.44. The molecule has 0 spiro atoms. The summed E-state index contributed by atoms with van der Waals surface area (Å²) in [6, 6.07) is 6.15. The maximum atomic E-state index is 13.1. The van der Waals surface area contributed by atoms with Crippen LogP contribution in [0, 0.1) is 0 Å². The molecular weight excluding hydrogens is 456 g/mol. The zero-order valence-corrected chi connectivity index (χ0v) is 20.1. The van der Waals surface area contributed by atoms with Gasteiger partial charge in [0.1, 0.15) is 11.3 Å². The molecule has 12 heteroatoms. The third-order valence-corrected chi connectivity index (χ3v) is 6.63. The molecule has 0 radical (unpaired) electrons. The van der Waals surface area contributed by atoms with Gasteiger partial charge in [-0.1, -0.05) is 12.1 Å². The highest BCUT2D eigenvalue weighted by Gasteiger charge is 2.50. The minimum Gasteiger partial charge on any atom is -0.497 e. The van der Waals surface area contributed by atoms with Crippen molar-refractivity contribution < 1.29 is 28.7 Å². The number of carbonyl (C=O) groups is 4. The van der Waals surface area contributed by atoms with Crippen LogP contribution in [-0.4, -0.2) is 116 Å². The van der Waals surface area contributed by atoms with E-state index in [9.17, 15) is 19.2 Å². The second-order valence-corrected chi connectivity index (χ2v) is 9.01. The van der Waals surface area contributed by atoms with Gasteiger partial charge in [0.15, 0.2) is 0 Å². The lowest BCUT2D eigenvalue weighted by atomic mass is 9.92. The summed E-state index contributed by atoms with van der Waals surface area (Å²) < 4.78 is 10.5. The van der Waals surface area contributed by atoms with Crippen molar-refractivity contribution in [3.8, 4) is 5.75 Å². The molecule has 2 N–H and O–H groups in total. The van der Waals surface area contributed by atoms with Gasteiger partial charge in [0.05, 0.1) is 33.4 Å². The van der Waals surface area contributed by atoms with Crippen molar-refractivity contribution in [3.63, 3.8) is 0 Å². The van der Waals surface area contributed by atoms with Crippen LogP contribution >= 0.6 is 0 Å². The van der Waals surface area contributed by atoms with Crippen molar-refractivity contribution in [1.29, 1.82) is 0 Å². The van der Waals surface area contributed by atoms with Crippen molar-refractivity contribution in [3.05, 3.63) is 29.8 Å². The largest absolute Gasteiger partial charge is 0.497 e. The molecule has 3 heterocycles. The number of piperazine rings is 1. The monoisotopic (exact) mass is 488 g/mol. The number of hydrogen-bond acceptors (Lipinski definition) is 8. The fourth-order valence-corrected chi connectivity index (χ4v) is 4.44. The number of carbonyl (C=O) groups excluding carboxylic acids is 4. The quantitative estimate of drug-likeness (QED) is 0.467. The Hall–Kier alpha value is -3.22. The molecule has 0 aromatic heterocycles. The van der Waals surface area contributed by atoms with Gasteiger partial charge in [-0.3, -0.25) is 29.6 Å². The number of hydrazine groups is 1. The molecule has 35 heavy (non-hydrogen) atoms. The zero-order chi connectivity index (χ0) is 25.0. The fraction of sp³-hybridized carbons (Fsp3) is 0.565.